The minimum absolute atomic E-state index is 0.214. The van der Waals surface area contributed by atoms with E-state index in [4.69, 9.17) is 10.5 Å². The number of morpholine rings is 1. The molecular formula is C14H20F2N2O. The van der Waals surface area contributed by atoms with Crippen molar-refractivity contribution in [1.82, 2.24) is 4.90 Å². The lowest BCUT2D eigenvalue weighted by atomic mass is 9.96. The van der Waals surface area contributed by atoms with Gasteiger partial charge in [0, 0.05) is 24.7 Å². The van der Waals surface area contributed by atoms with Crippen LogP contribution in [0.4, 0.5) is 8.78 Å². The molecule has 3 nitrogen and oxygen atoms in total. The molecule has 1 saturated heterocycles. The maximum atomic E-state index is 14.0. The van der Waals surface area contributed by atoms with Crippen LogP contribution in [0, 0.1) is 11.6 Å². The molecule has 1 aromatic carbocycles. The van der Waals surface area contributed by atoms with Gasteiger partial charge in [-0.05, 0) is 32.0 Å². The third-order valence-corrected chi connectivity index (χ3v) is 3.56. The van der Waals surface area contributed by atoms with Crippen LogP contribution in [0.3, 0.4) is 0 Å². The Morgan fingerprint density at radius 1 is 1.42 bits per heavy atom. The average Bonchev–Trinajstić information content (AvgIpc) is 2.40. The van der Waals surface area contributed by atoms with Crippen molar-refractivity contribution >= 4 is 0 Å². The van der Waals surface area contributed by atoms with Crippen molar-refractivity contribution in [3.8, 4) is 0 Å². The zero-order valence-corrected chi connectivity index (χ0v) is 11.3. The Morgan fingerprint density at radius 3 is 2.79 bits per heavy atom. The molecule has 0 aromatic heterocycles. The van der Waals surface area contributed by atoms with Crippen molar-refractivity contribution in [3.05, 3.63) is 35.4 Å². The number of halogens is 2. The molecule has 2 N–H and O–H groups in total. The van der Waals surface area contributed by atoms with Crippen LogP contribution in [0.5, 0.6) is 0 Å². The van der Waals surface area contributed by atoms with Gasteiger partial charge in [0.15, 0.2) is 0 Å². The molecule has 1 fully saturated rings. The molecule has 0 radical (unpaired) electrons. The fourth-order valence-electron chi connectivity index (χ4n) is 2.65. The van der Waals surface area contributed by atoms with E-state index in [2.05, 4.69) is 4.90 Å². The van der Waals surface area contributed by atoms with Crippen molar-refractivity contribution in [2.24, 2.45) is 5.73 Å². The van der Waals surface area contributed by atoms with Crippen LogP contribution in [-0.4, -0.2) is 36.7 Å². The van der Waals surface area contributed by atoms with E-state index in [-0.39, 0.29) is 24.7 Å². The van der Waals surface area contributed by atoms with Crippen LogP contribution in [0.15, 0.2) is 18.2 Å². The van der Waals surface area contributed by atoms with Gasteiger partial charge in [-0.2, -0.15) is 0 Å². The predicted octanol–water partition coefficient (Wildman–Crippen LogP) is 2.07. The normalized spacial score (nSPS) is 24.9. The van der Waals surface area contributed by atoms with Gasteiger partial charge < -0.3 is 10.5 Å². The summed E-state index contributed by atoms with van der Waals surface area (Å²) in [4.78, 5) is 2.11. The van der Waals surface area contributed by atoms with E-state index in [0.29, 0.717) is 18.7 Å². The van der Waals surface area contributed by atoms with Gasteiger partial charge in [0.05, 0.1) is 18.8 Å². The summed E-state index contributed by atoms with van der Waals surface area (Å²) in [6.07, 6.45) is -0.313. The largest absolute Gasteiger partial charge is 0.374 e. The molecule has 2 atom stereocenters. The van der Waals surface area contributed by atoms with Gasteiger partial charge in [-0.25, -0.2) is 8.78 Å². The highest BCUT2D eigenvalue weighted by atomic mass is 19.1. The van der Waals surface area contributed by atoms with E-state index in [9.17, 15) is 8.78 Å². The average molecular weight is 270 g/mol. The van der Waals surface area contributed by atoms with Crippen LogP contribution >= 0.6 is 0 Å². The van der Waals surface area contributed by atoms with Gasteiger partial charge in [0.2, 0.25) is 0 Å². The first-order chi connectivity index (χ1) is 9.04. The maximum absolute atomic E-state index is 14.0. The van der Waals surface area contributed by atoms with Gasteiger partial charge in [0.1, 0.15) is 11.6 Å². The number of nitrogens with two attached hydrogens (primary N) is 1. The second-order valence-corrected chi connectivity index (χ2v) is 5.09. The third-order valence-electron chi connectivity index (χ3n) is 3.56. The van der Waals surface area contributed by atoms with E-state index in [1.807, 2.05) is 13.8 Å². The fraction of sp³-hybridized carbons (Fsp3) is 0.571. The lowest BCUT2D eigenvalue weighted by Crippen LogP contribution is -2.51. The molecule has 1 aliphatic rings. The Kier molecular flexibility index (Phi) is 4.50. The second kappa shape index (κ2) is 5.94. The summed E-state index contributed by atoms with van der Waals surface area (Å²) in [5.41, 5.74) is 6.04. The standard InChI is InChI=1S/C14H20F2N2O/c1-9(2)18-5-6-19-13(8-17)14(18)11-7-10(15)3-4-12(11)16/h3-4,7,9,13-14H,5-6,8,17H2,1-2H3. The van der Waals surface area contributed by atoms with Crippen LogP contribution in [-0.2, 0) is 4.74 Å². The van der Waals surface area contributed by atoms with E-state index in [1.54, 1.807) is 0 Å². The van der Waals surface area contributed by atoms with Crippen molar-refractivity contribution in [1.29, 1.82) is 0 Å². The topological polar surface area (TPSA) is 38.5 Å². The zero-order valence-electron chi connectivity index (χ0n) is 11.3. The molecule has 1 heterocycles. The number of nitrogens with zero attached hydrogens (tertiary/aromatic N) is 1. The molecule has 106 valence electrons. The SMILES string of the molecule is CC(C)N1CCOC(CN)C1c1cc(F)ccc1F. The molecule has 2 rings (SSSR count). The van der Waals surface area contributed by atoms with Gasteiger partial charge in [-0.1, -0.05) is 0 Å². The number of hydrogen-bond donors (Lipinski definition) is 1. The van der Waals surface area contributed by atoms with Crippen LogP contribution in [0.25, 0.3) is 0 Å². The van der Waals surface area contributed by atoms with Gasteiger partial charge in [-0.3, -0.25) is 4.90 Å². The van der Waals surface area contributed by atoms with E-state index in [1.165, 1.54) is 6.07 Å². The number of hydrogen-bond acceptors (Lipinski definition) is 3. The maximum Gasteiger partial charge on any atom is 0.128 e. The third kappa shape index (κ3) is 2.94. The summed E-state index contributed by atoms with van der Waals surface area (Å²) >= 11 is 0. The molecular weight excluding hydrogens is 250 g/mol. The van der Waals surface area contributed by atoms with E-state index in [0.717, 1.165) is 12.1 Å². The molecule has 0 saturated carbocycles. The first-order valence-electron chi connectivity index (χ1n) is 6.57. The van der Waals surface area contributed by atoms with Crippen molar-refractivity contribution in [2.75, 3.05) is 19.7 Å². The monoisotopic (exact) mass is 270 g/mol. The van der Waals surface area contributed by atoms with E-state index >= 15 is 0 Å². The highest BCUT2D eigenvalue weighted by Gasteiger charge is 2.35. The summed E-state index contributed by atoms with van der Waals surface area (Å²) < 4.78 is 33.0. The van der Waals surface area contributed by atoms with Gasteiger partial charge >= 0.3 is 0 Å². The molecule has 0 aliphatic carbocycles. The summed E-state index contributed by atoms with van der Waals surface area (Å²) in [5.74, 6) is -0.859. The summed E-state index contributed by atoms with van der Waals surface area (Å²) in [5, 5.41) is 0. The number of rotatable bonds is 3. The quantitative estimate of drug-likeness (QED) is 0.914. The molecule has 2 unspecified atom stereocenters. The second-order valence-electron chi connectivity index (χ2n) is 5.09. The minimum Gasteiger partial charge on any atom is -0.374 e. The predicted molar refractivity (Wildman–Crippen MR) is 69.7 cm³/mol. The van der Waals surface area contributed by atoms with Gasteiger partial charge in [-0.15, -0.1) is 0 Å². The van der Waals surface area contributed by atoms with Crippen molar-refractivity contribution in [2.45, 2.75) is 32.0 Å². The van der Waals surface area contributed by atoms with E-state index < -0.39 is 11.6 Å². The molecule has 0 amide bonds. The molecule has 19 heavy (non-hydrogen) atoms. The highest BCUT2D eigenvalue weighted by Crippen LogP contribution is 2.32. The first kappa shape index (κ1) is 14.4. The Labute approximate surface area is 112 Å². The van der Waals surface area contributed by atoms with Crippen molar-refractivity contribution < 1.29 is 13.5 Å². The minimum atomic E-state index is -0.443. The highest BCUT2D eigenvalue weighted by molar-refractivity contribution is 5.24. The Hall–Kier alpha value is -1.04. The molecule has 0 spiro atoms. The van der Waals surface area contributed by atoms with Crippen LogP contribution < -0.4 is 5.73 Å². The lowest BCUT2D eigenvalue weighted by molar-refractivity contribution is -0.0800. The molecule has 0 bridgehead atoms. The van der Waals surface area contributed by atoms with Crippen molar-refractivity contribution in [3.63, 3.8) is 0 Å². The zero-order chi connectivity index (χ0) is 14.0. The first-order valence-corrected chi connectivity index (χ1v) is 6.57. The Bertz CT molecular complexity index is 439. The van der Waals surface area contributed by atoms with Crippen LogP contribution in [0.2, 0.25) is 0 Å². The lowest BCUT2D eigenvalue weighted by Gasteiger charge is -2.43. The fourth-order valence-corrected chi connectivity index (χ4v) is 2.65. The summed E-state index contributed by atoms with van der Waals surface area (Å²) in [7, 11) is 0. The molecule has 1 aliphatic heterocycles. The van der Waals surface area contributed by atoms with Gasteiger partial charge in [0.25, 0.3) is 0 Å². The number of ether oxygens (including phenoxy) is 1. The summed E-state index contributed by atoms with van der Waals surface area (Å²) in [6.45, 7) is 5.60. The molecule has 5 heteroatoms. The summed E-state index contributed by atoms with van der Waals surface area (Å²) in [6, 6.07) is 3.40. The smallest absolute Gasteiger partial charge is 0.128 e. The van der Waals surface area contributed by atoms with Crippen LogP contribution in [0.1, 0.15) is 25.5 Å². The molecule has 1 aromatic rings. The number of benzene rings is 1. The Morgan fingerprint density at radius 2 is 2.16 bits per heavy atom. The Balaban J connectivity index is 2.42.